The van der Waals surface area contributed by atoms with Gasteiger partial charge in [0.2, 0.25) is 0 Å². The third-order valence-electron chi connectivity index (χ3n) is 5.66. The van der Waals surface area contributed by atoms with Gasteiger partial charge in [-0.25, -0.2) is 0 Å². The third-order valence-corrected chi connectivity index (χ3v) is 6.53. The van der Waals surface area contributed by atoms with Crippen molar-refractivity contribution in [2.45, 2.75) is 95.3 Å². The Morgan fingerprint density at radius 3 is 1.82 bits per heavy atom. The predicted molar refractivity (Wildman–Crippen MR) is 127 cm³/mol. The van der Waals surface area contributed by atoms with Crippen LogP contribution in [-0.4, -0.2) is 13.0 Å². The zero-order valence-corrected chi connectivity index (χ0v) is 24.2. The Morgan fingerprint density at radius 1 is 0.788 bits per heavy atom. The van der Waals surface area contributed by atoms with Gasteiger partial charge in [-0.05, 0) is 42.7 Å². The monoisotopic (exact) mass is 500 g/mol. The van der Waals surface area contributed by atoms with Crippen LogP contribution in [0.2, 0.25) is 0 Å². The summed E-state index contributed by atoms with van der Waals surface area (Å²) in [7, 11) is -4.43. The molecule has 2 aromatic rings. The van der Waals surface area contributed by atoms with Gasteiger partial charge in [-0.1, -0.05) is 95.8 Å². The first kappa shape index (κ1) is 30.6. The van der Waals surface area contributed by atoms with E-state index < -0.39 is 10.1 Å². The minimum absolute atomic E-state index is 0. The molecule has 0 aliphatic rings. The molecule has 0 bridgehead atoms. The van der Waals surface area contributed by atoms with Crippen molar-refractivity contribution < 1.29 is 74.2 Å². The molecular weight excluding hydrogens is 463 g/mol. The molecule has 0 aliphatic heterocycles. The summed E-state index contributed by atoms with van der Waals surface area (Å²) in [6.07, 6.45) is 16.0. The van der Waals surface area contributed by atoms with Crippen molar-refractivity contribution in [2.75, 3.05) is 0 Å². The Balaban J connectivity index is 0.00000544. The summed E-state index contributed by atoms with van der Waals surface area (Å²) in [4.78, 5) is -0.250. The maximum Gasteiger partial charge on any atom is 1.00 e. The van der Waals surface area contributed by atoms with Crippen molar-refractivity contribution in [2.24, 2.45) is 0 Å². The van der Waals surface area contributed by atoms with Gasteiger partial charge in [0.15, 0.2) is 0 Å². The normalized spacial score (nSPS) is 11.2. The number of ether oxygens (including phenoxy) is 1. The smallest absolute Gasteiger partial charge is 0.872 e. The van der Waals surface area contributed by atoms with Crippen LogP contribution in [-0.2, 0) is 16.5 Å². The van der Waals surface area contributed by atoms with E-state index in [9.17, 15) is 18.1 Å². The van der Waals surface area contributed by atoms with Crippen LogP contribution in [0.3, 0.4) is 0 Å². The summed E-state index contributed by atoms with van der Waals surface area (Å²) in [6, 6.07) is 10.5. The molecular formula is C26H37KO5S. The Bertz CT molecular complexity index is 897. The fraction of sp³-hybridized carbons (Fsp3) is 0.538. The second-order valence-electron chi connectivity index (χ2n) is 8.47. The standard InChI is InChI=1S/C26H38O5S.K/c1-2-3-4-5-6-7-8-9-10-11-12-13-14-22-15-20-25(26(21-22)32(28,29)30)31-24-18-16-23(27)17-19-24;/h15-21,27H,2-14H2,1H3,(H,28,29,30);/q;+1/p-1. The van der Waals surface area contributed by atoms with Gasteiger partial charge >= 0.3 is 51.4 Å². The summed E-state index contributed by atoms with van der Waals surface area (Å²) < 4.78 is 38.9. The molecule has 0 amide bonds. The molecule has 1 N–H and O–H groups in total. The van der Waals surface area contributed by atoms with E-state index in [1.54, 1.807) is 6.07 Å². The predicted octanol–water partition coefficient (Wildman–Crippen LogP) is 4.05. The van der Waals surface area contributed by atoms with Crippen molar-refractivity contribution in [3.63, 3.8) is 0 Å². The number of rotatable bonds is 16. The average Bonchev–Trinajstić information content (AvgIpc) is 2.76. The second-order valence-corrected chi connectivity index (χ2v) is 9.86. The molecule has 0 saturated heterocycles. The molecule has 0 aromatic heterocycles. The molecule has 5 nitrogen and oxygen atoms in total. The average molecular weight is 501 g/mol. The summed E-state index contributed by atoms with van der Waals surface area (Å²) in [6.45, 7) is 2.24. The Hall–Kier alpha value is -0.414. The minimum atomic E-state index is -4.43. The molecule has 0 aliphatic carbocycles. The zero-order valence-electron chi connectivity index (χ0n) is 20.2. The van der Waals surface area contributed by atoms with Gasteiger partial charge in [-0.3, -0.25) is 4.55 Å². The maximum atomic E-state index is 11.9. The van der Waals surface area contributed by atoms with E-state index in [0.29, 0.717) is 5.75 Å². The van der Waals surface area contributed by atoms with Crippen LogP contribution >= 0.6 is 0 Å². The second kappa shape index (κ2) is 17.1. The van der Waals surface area contributed by atoms with Gasteiger partial charge in [0.1, 0.15) is 16.4 Å². The fourth-order valence-corrected chi connectivity index (χ4v) is 4.46. The van der Waals surface area contributed by atoms with Gasteiger partial charge in [0.05, 0.1) is 0 Å². The Kier molecular flexibility index (Phi) is 15.9. The van der Waals surface area contributed by atoms with Gasteiger partial charge < -0.3 is 9.84 Å². The van der Waals surface area contributed by atoms with Crippen LogP contribution in [0, 0.1) is 0 Å². The SMILES string of the molecule is CCCCCCCCCCCCCCc1ccc(Oc2ccc([O-])cc2)c(S(=O)(=O)O)c1.[K+]. The van der Waals surface area contributed by atoms with Gasteiger partial charge in [0, 0.05) is 0 Å². The van der Waals surface area contributed by atoms with Gasteiger partial charge in [0.25, 0.3) is 10.1 Å². The van der Waals surface area contributed by atoms with Crippen molar-refractivity contribution >= 4 is 10.1 Å². The van der Waals surface area contributed by atoms with Crippen LogP contribution in [0.1, 0.15) is 89.5 Å². The number of hydrogen-bond acceptors (Lipinski definition) is 4. The van der Waals surface area contributed by atoms with Gasteiger partial charge in [-0.15, -0.1) is 5.75 Å². The Labute approximate surface area is 242 Å². The maximum absolute atomic E-state index is 11.9. The van der Waals surface area contributed by atoms with Crippen LogP contribution in [0.25, 0.3) is 0 Å². The van der Waals surface area contributed by atoms with E-state index in [2.05, 4.69) is 6.92 Å². The molecule has 0 spiro atoms. The van der Waals surface area contributed by atoms with Crippen LogP contribution in [0.5, 0.6) is 17.2 Å². The third kappa shape index (κ3) is 12.7. The van der Waals surface area contributed by atoms with E-state index >= 15 is 0 Å². The molecule has 0 atom stereocenters. The topological polar surface area (TPSA) is 86.7 Å². The van der Waals surface area contributed by atoms with Crippen molar-refractivity contribution in [3.8, 4) is 17.2 Å². The molecule has 0 unspecified atom stereocenters. The summed E-state index contributed by atoms with van der Waals surface area (Å²) >= 11 is 0. The first-order valence-electron chi connectivity index (χ1n) is 12.0. The first-order valence-corrected chi connectivity index (χ1v) is 13.4. The van der Waals surface area contributed by atoms with Crippen molar-refractivity contribution in [1.29, 1.82) is 0 Å². The summed E-state index contributed by atoms with van der Waals surface area (Å²) in [5.74, 6) is 0.220. The molecule has 0 heterocycles. The van der Waals surface area contributed by atoms with E-state index in [1.165, 1.54) is 94.5 Å². The minimum Gasteiger partial charge on any atom is -0.872 e. The van der Waals surface area contributed by atoms with E-state index in [4.69, 9.17) is 4.74 Å². The molecule has 2 aromatic carbocycles. The Morgan fingerprint density at radius 2 is 1.30 bits per heavy atom. The molecule has 2 rings (SSSR count). The quantitative estimate of drug-likeness (QED) is 0.213. The molecule has 7 heteroatoms. The first-order chi connectivity index (χ1) is 15.4. The fourth-order valence-electron chi connectivity index (χ4n) is 3.80. The molecule has 33 heavy (non-hydrogen) atoms. The molecule has 0 saturated carbocycles. The molecule has 0 radical (unpaired) electrons. The molecule has 0 fully saturated rings. The van der Waals surface area contributed by atoms with Crippen LogP contribution in [0.4, 0.5) is 0 Å². The van der Waals surface area contributed by atoms with E-state index in [0.717, 1.165) is 24.8 Å². The van der Waals surface area contributed by atoms with Crippen molar-refractivity contribution in [1.82, 2.24) is 0 Å². The van der Waals surface area contributed by atoms with Crippen LogP contribution < -0.4 is 61.2 Å². The van der Waals surface area contributed by atoms with Crippen molar-refractivity contribution in [3.05, 3.63) is 48.0 Å². The van der Waals surface area contributed by atoms with Crippen LogP contribution in [0.15, 0.2) is 47.4 Å². The van der Waals surface area contributed by atoms with Gasteiger partial charge in [-0.2, -0.15) is 8.42 Å². The van der Waals surface area contributed by atoms with E-state index in [-0.39, 0.29) is 67.8 Å². The zero-order chi connectivity index (χ0) is 23.2. The number of unbranched alkanes of at least 4 members (excludes halogenated alkanes) is 11. The number of benzene rings is 2. The van der Waals surface area contributed by atoms with E-state index in [1.807, 2.05) is 6.07 Å². The summed E-state index contributed by atoms with van der Waals surface area (Å²) in [5, 5.41) is 11.2. The number of hydrogen-bond donors (Lipinski definition) is 1. The molecule has 178 valence electrons. The largest absolute Gasteiger partial charge is 1.00 e. The summed E-state index contributed by atoms with van der Waals surface area (Å²) in [5.41, 5.74) is 0.854. The number of aryl methyl sites for hydroxylation is 1.